The summed E-state index contributed by atoms with van der Waals surface area (Å²) in [6.07, 6.45) is 1.45. The average Bonchev–Trinajstić information content (AvgIpc) is 2.33. The first-order valence-corrected chi connectivity index (χ1v) is 9.16. The molecule has 0 aliphatic carbocycles. The van der Waals surface area contributed by atoms with Crippen LogP contribution in [0.2, 0.25) is 0 Å². The molecule has 8 heteroatoms. The SMILES string of the molecule is C=CCN(C(C)(C)C)S(=O)(=O)c1ccccc1S(N)(=O)=O. The highest BCUT2D eigenvalue weighted by Crippen LogP contribution is 2.28. The number of sulfonamides is 2. The Morgan fingerprint density at radius 1 is 1.14 bits per heavy atom. The van der Waals surface area contributed by atoms with Gasteiger partial charge in [-0.05, 0) is 32.9 Å². The van der Waals surface area contributed by atoms with Gasteiger partial charge in [0.25, 0.3) is 0 Å². The van der Waals surface area contributed by atoms with E-state index in [1.807, 2.05) is 0 Å². The fraction of sp³-hybridized carbons (Fsp3) is 0.385. The molecule has 1 rings (SSSR count). The van der Waals surface area contributed by atoms with E-state index in [2.05, 4.69) is 6.58 Å². The minimum Gasteiger partial charge on any atom is -0.225 e. The van der Waals surface area contributed by atoms with Crippen molar-refractivity contribution >= 4 is 20.0 Å². The Hall–Kier alpha value is -1.22. The number of primary sulfonamides is 1. The van der Waals surface area contributed by atoms with Gasteiger partial charge in [-0.25, -0.2) is 22.0 Å². The number of hydrogen-bond donors (Lipinski definition) is 1. The van der Waals surface area contributed by atoms with E-state index in [4.69, 9.17) is 5.14 Å². The zero-order chi connectivity index (χ0) is 16.5. The lowest BCUT2D eigenvalue weighted by molar-refractivity contribution is 0.269. The van der Waals surface area contributed by atoms with E-state index in [1.165, 1.54) is 34.6 Å². The number of nitrogens with two attached hydrogens (primary N) is 1. The quantitative estimate of drug-likeness (QED) is 0.822. The van der Waals surface area contributed by atoms with E-state index in [9.17, 15) is 16.8 Å². The highest BCUT2D eigenvalue weighted by molar-refractivity contribution is 7.92. The predicted molar refractivity (Wildman–Crippen MR) is 81.7 cm³/mol. The first-order valence-electron chi connectivity index (χ1n) is 6.18. The Kier molecular flexibility index (Phi) is 4.99. The molecular formula is C13H20N2O4S2. The summed E-state index contributed by atoms with van der Waals surface area (Å²) in [5, 5.41) is 5.11. The second kappa shape index (κ2) is 5.88. The molecule has 118 valence electrons. The second-order valence-electron chi connectivity index (χ2n) is 5.49. The van der Waals surface area contributed by atoms with Gasteiger partial charge in [0.05, 0.1) is 0 Å². The van der Waals surface area contributed by atoms with E-state index in [0.29, 0.717) is 0 Å². The van der Waals surface area contributed by atoms with Crippen molar-refractivity contribution in [3.8, 4) is 0 Å². The van der Waals surface area contributed by atoms with Crippen LogP contribution in [0.1, 0.15) is 20.8 Å². The molecule has 6 nitrogen and oxygen atoms in total. The van der Waals surface area contributed by atoms with Gasteiger partial charge in [-0.3, -0.25) is 0 Å². The van der Waals surface area contributed by atoms with Crippen molar-refractivity contribution in [3.63, 3.8) is 0 Å². The van der Waals surface area contributed by atoms with Crippen LogP contribution in [0.4, 0.5) is 0 Å². The minimum atomic E-state index is -4.14. The van der Waals surface area contributed by atoms with Crippen molar-refractivity contribution in [1.82, 2.24) is 4.31 Å². The lowest BCUT2D eigenvalue weighted by atomic mass is 10.1. The summed E-state index contributed by atoms with van der Waals surface area (Å²) < 4.78 is 50.0. The molecule has 0 fully saturated rings. The van der Waals surface area contributed by atoms with E-state index < -0.39 is 30.5 Å². The van der Waals surface area contributed by atoms with Crippen molar-refractivity contribution in [2.75, 3.05) is 6.54 Å². The molecule has 1 aromatic carbocycles. The van der Waals surface area contributed by atoms with Crippen molar-refractivity contribution in [3.05, 3.63) is 36.9 Å². The van der Waals surface area contributed by atoms with Crippen LogP contribution in [0.5, 0.6) is 0 Å². The number of nitrogens with zero attached hydrogens (tertiary/aromatic N) is 1. The Balaban J connectivity index is 3.62. The summed E-state index contributed by atoms with van der Waals surface area (Å²) in [6.45, 7) is 8.75. The third kappa shape index (κ3) is 3.91. The summed E-state index contributed by atoms with van der Waals surface area (Å²) in [5.41, 5.74) is -0.738. The molecule has 0 spiro atoms. The summed E-state index contributed by atoms with van der Waals surface area (Å²) in [4.78, 5) is -0.743. The highest BCUT2D eigenvalue weighted by atomic mass is 32.2. The first-order chi connectivity index (χ1) is 9.42. The van der Waals surface area contributed by atoms with Crippen LogP contribution in [0.25, 0.3) is 0 Å². The lowest BCUT2D eigenvalue weighted by Gasteiger charge is -2.34. The molecule has 0 aliphatic heterocycles. The standard InChI is InChI=1S/C13H20N2O4S2/c1-5-10-15(13(2,3)4)21(18,19)12-9-7-6-8-11(12)20(14,16)17/h5-9H,1,10H2,2-4H3,(H2,14,16,17). The fourth-order valence-electron chi connectivity index (χ4n) is 1.87. The summed E-state index contributed by atoms with van der Waals surface area (Å²) in [6, 6.07) is 5.29. The molecule has 0 atom stereocenters. The van der Waals surface area contributed by atoms with Gasteiger partial charge in [0.1, 0.15) is 9.79 Å². The molecule has 0 saturated heterocycles. The van der Waals surface area contributed by atoms with Gasteiger partial charge in [0.15, 0.2) is 0 Å². The molecule has 0 saturated carbocycles. The van der Waals surface area contributed by atoms with E-state index >= 15 is 0 Å². The Labute approximate surface area is 126 Å². The van der Waals surface area contributed by atoms with Crippen LogP contribution in [0.15, 0.2) is 46.7 Å². The smallest absolute Gasteiger partial charge is 0.225 e. The van der Waals surface area contributed by atoms with Crippen molar-refractivity contribution in [2.24, 2.45) is 5.14 Å². The van der Waals surface area contributed by atoms with Gasteiger partial charge in [-0.1, -0.05) is 18.2 Å². The van der Waals surface area contributed by atoms with Gasteiger partial charge in [-0.2, -0.15) is 4.31 Å². The van der Waals surface area contributed by atoms with Crippen LogP contribution in [-0.2, 0) is 20.0 Å². The second-order valence-corrected chi connectivity index (χ2v) is 8.85. The van der Waals surface area contributed by atoms with E-state index in [1.54, 1.807) is 20.8 Å². The zero-order valence-corrected chi connectivity index (χ0v) is 13.9. The number of benzene rings is 1. The largest absolute Gasteiger partial charge is 0.245 e. The van der Waals surface area contributed by atoms with Crippen LogP contribution >= 0.6 is 0 Å². The van der Waals surface area contributed by atoms with Gasteiger partial charge in [0.2, 0.25) is 20.0 Å². The molecule has 0 aromatic heterocycles. The zero-order valence-electron chi connectivity index (χ0n) is 12.3. The Bertz CT molecular complexity index is 732. The molecule has 21 heavy (non-hydrogen) atoms. The lowest BCUT2D eigenvalue weighted by Crippen LogP contribution is -2.45. The average molecular weight is 332 g/mol. The van der Waals surface area contributed by atoms with Crippen LogP contribution in [0.3, 0.4) is 0 Å². The monoisotopic (exact) mass is 332 g/mol. The topological polar surface area (TPSA) is 97.5 Å². The van der Waals surface area contributed by atoms with E-state index in [-0.39, 0.29) is 11.4 Å². The van der Waals surface area contributed by atoms with Crippen LogP contribution in [0, 0.1) is 0 Å². The molecule has 0 amide bonds. The maximum atomic E-state index is 12.8. The maximum absolute atomic E-state index is 12.8. The molecule has 0 unspecified atom stereocenters. The fourth-order valence-corrected chi connectivity index (χ4v) is 4.98. The van der Waals surface area contributed by atoms with Gasteiger partial charge in [0, 0.05) is 12.1 Å². The van der Waals surface area contributed by atoms with Crippen molar-refractivity contribution < 1.29 is 16.8 Å². The van der Waals surface area contributed by atoms with Crippen molar-refractivity contribution in [1.29, 1.82) is 0 Å². The minimum absolute atomic E-state index is 0.0603. The third-order valence-corrected chi connectivity index (χ3v) is 6.05. The summed E-state index contributed by atoms with van der Waals surface area (Å²) >= 11 is 0. The van der Waals surface area contributed by atoms with E-state index in [0.717, 1.165) is 0 Å². The summed E-state index contributed by atoms with van der Waals surface area (Å²) in [7, 11) is -8.17. The Morgan fingerprint density at radius 3 is 2.00 bits per heavy atom. The molecule has 2 N–H and O–H groups in total. The normalized spacial score (nSPS) is 13.4. The summed E-state index contributed by atoms with van der Waals surface area (Å²) in [5.74, 6) is 0. The molecule has 0 bridgehead atoms. The van der Waals surface area contributed by atoms with Gasteiger partial charge in [-0.15, -0.1) is 6.58 Å². The molecule has 1 aromatic rings. The molecular weight excluding hydrogens is 312 g/mol. The predicted octanol–water partition coefficient (Wildman–Crippen LogP) is 1.31. The van der Waals surface area contributed by atoms with Crippen LogP contribution in [-0.4, -0.2) is 33.2 Å². The van der Waals surface area contributed by atoms with Crippen LogP contribution < -0.4 is 5.14 Å². The van der Waals surface area contributed by atoms with Crippen molar-refractivity contribution in [2.45, 2.75) is 36.1 Å². The van der Waals surface area contributed by atoms with Gasteiger partial charge >= 0.3 is 0 Å². The molecule has 0 radical (unpaired) electrons. The molecule has 0 heterocycles. The van der Waals surface area contributed by atoms with Gasteiger partial charge < -0.3 is 0 Å². The number of rotatable bonds is 5. The molecule has 0 aliphatic rings. The highest BCUT2D eigenvalue weighted by Gasteiger charge is 2.35. The Morgan fingerprint density at radius 2 is 1.62 bits per heavy atom. The maximum Gasteiger partial charge on any atom is 0.245 e. The first kappa shape index (κ1) is 17.8. The number of hydrogen-bond acceptors (Lipinski definition) is 4. The third-order valence-electron chi connectivity index (χ3n) is 2.77.